The Kier molecular flexibility index (Phi) is 5.71. The van der Waals surface area contributed by atoms with E-state index in [4.69, 9.17) is 4.74 Å². The number of benzene rings is 3. The van der Waals surface area contributed by atoms with Gasteiger partial charge in [0.2, 0.25) is 5.88 Å². The molecule has 0 aliphatic carbocycles. The molecule has 0 saturated heterocycles. The Morgan fingerprint density at radius 1 is 0.800 bits per heavy atom. The van der Waals surface area contributed by atoms with Crippen LogP contribution in [0.15, 0.2) is 97.2 Å². The smallest absolute Gasteiger partial charge is 0.323 e. The van der Waals surface area contributed by atoms with Crippen LogP contribution >= 0.6 is 0 Å². The largest absolute Gasteiger partial charge is 0.437 e. The van der Waals surface area contributed by atoms with Crippen LogP contribution in [-0.4, -0.2) is 11.0 Å². The number of aryl methyl sites for hydroxylation is 1. The van der Waals surface area contributed by atoms with Gasteiger partial charge in [0.25, 0.3) is 0 Å². The van der Waals surface area contributed by atoms with Gasteiger partial charge in [0.15, 0.2) is 0 Å². The van der Waals surface area contributed by atoms with Crippen molar-refractivity contribution in [1.29, 1.82) is 0 Å². The van der Waals surface area contributed by atoms with E-state index in [1.165, 1.54) is 0 Å². The van der Waals surface area contributed by atoms with E-state index in [2.05, 4.69) is 15.6 Å². The number of anilines is 2. The van der Waals surface area contributed by atoms with Gasteiger partial charge in [-0.05, 0) is 54.4 Å². The first-order valence-corrected chi connectivity index (χ1v) is 9.60. The van der Waals surface area contributed by atoms with E-state index in [0.29, 0.717) is 23.0 Å². The topological polar surface area (TPSA) is 63.2 Å². The highest BCUT2D eigenvalue weighted by Gasteiger charge is 2.11. The van der Waals surface area contributed by atoms with Gasteiger partial charge in [0.1, 0.15) is 11.4 Å². The molecule has 5 nitrogen and oxygen atoms in total. The Bertz CT molecular complexity index is 1140. The Morgan fingerprint density at radius 3 is 2.37 bits per heavy atom. The molecule has 4 aromatic rings. The zero-order chi connectivity index (χ0) is 20.8. The lowest BCUT2D eigenvalue weighted by Gasteiger charge is -2.12. The summed E-state index contributed by atoms with van der Waals surface area (Å²) in [5, 5.41) is 5.61. The summed E-state index contributed by atoms with van der Waals surface area (Å²) in [5.41, 5.74) is 4.45. The number of hydrogen-bond donors (Lipinski definition) is 2. The first-order chi connectivity index (χ1) is 14.7. The number of amides is 2. The molecular weight excluding hydrogens is 374 g/mol. The van der Waals surface area contributed by atoms with Gasteiger partial charge in [-0.3, -0.25) is 0 Å². The van der Waals surface area contributed by atoms with Crippen LogP contribution in [0.1, 0.15) is 5.56 Å². The Morgan fingerprint density at radius 2 is 1.57 bits per heavy atom. The number of urea groups is 1. The molecule has 2 amide bonds. The summed E-state index contributed by atoms with van der Waals surface area (Å²) < 4.78 is 5.98. The van der Waals surface area contributed by atoms with Gasteiger partial charge in [-0.15, -0.1) is 0 Å². The second kappa shape index (κ2) is 8.92. The SMILES string of the molecule is Cc1ccc(NC(=O)Nc2cccnc2Oc2cccc(-c3ccccc3)c2)cc1. The van der Waals surface area contributed by atoms with Crippen LogP contribution < -0.4 is 15.4 Å². The molecule has 4 rings (SSSR count). The Hall–Kier alpha value is -4.12. The van der Waals surface area contributed by atoms with Crippen LogP contribution in [0.4, 0.5) is 16.2 Å². The highest BCUT2D eigenvalue weighted by Crippen LogP contribution is 2.30. The molecule has 0 saturated carbocycles. The second-order valence-corrected chi connectivity index (χ2v) is 6.80. The summed E-state index contributed by atoms with van der Waals surface area (Å²) >= 11 is 0. The molecule has 3 aromatic carbocycles. The highest BCUT2D eigenvalue weighted by molar-refractivity contribution is 6.00. The Balaban J connectivity index is 1.50. The monoisotopic (exact) mass is 395 g/mol. The van der Waals surface area contributed by atoms with Gasteiger partial charge < -0.3 is 15.4 Å². The highest BCUT2D eigenvalue weighted by atomic mass is 16.5. The van der Waals surface area contributed by atoms with Gasteiger partial charge in [-0.25, -0.2) is 9.78 Å². The molecule has 0 radical (unpaired) electrons. The maximum atomic E-state index is 12.4. The van der Waals surface area contributed by atoms with Crippen LogP contribution in [0.5, 0.6) is 11.6 Å². The molecule has 0 fully saturated rings. The van der Waals surface area contributed by atoms with Crippen molar-refractivity contribution in [2.45, 2.75) is 6.92 Å². The molecule has 5 heteroatoms. The van der Waals surface area contributed by atoms with Gasteiger partial charge in [-0.2, -0.15) is 0 Å². The molecule has 148 valence electrons. The number of carbonyl (C=O) groups excluding carboxylic acids is 1. The van der Waals surface area contributed by atoms with Gasteiger partial charge in [-0.1, -0.05) is 60.2 Å². The van der Waals surface area contributed by atoms with Crippen molar-refractivity contribution >= 4 is 17.4 Å². The Labute approximate surface area is 175 Å². The van der Waals surface area contributed by atoms with E-state index in [0.717, 1.165) is 16.7 Å². The van der Waals surface area contributed by atoms with Gasteiger partial charge in [0, 0.05) is 11.9 Å². The van der Waals surface area contributed by atoms with Crippen molar-refractivity contribution in [3.63, 3.8) is 0 Å². The molecule has 0 bridgehead atoms. The fraction of sp³-hybridized carbons (Fsp3) is 0.0400. The lowest BCUT2D eigenvalue weighted by Crippen LogP contribution is -2.19. The van der Waals surface area contributed by atoms with Crippen molar-refractivity contribution in [2.24, 2.45) is 0 Å². The number of hydrogen-bond acceptors (Lipinski definition) is 3. The fourth-order valence-electron chi connectivity index (χ4n) is 2.97. The third-order valence-corrected chi connectivity index (χ3v) is 4.48. The van der Waals surface area contributed by atoms with E-state index in [1.807, 2.05) is 85.8 Å². The van der Waals surface area contributed by atoms with E-state index >= 15 is 0 Å². The quantitative estimate of drug-likeness (QED) is 0.406. The van der Waals surface area contributed by atoms with Crippen LogP contribution in [0.3, 0.4) is 0 Å². The predicted molar refractivity (Wildman–Crippen MR) is 120 cm³/mol. The number of nitrogens with one attached hydrogen (secondary N) is 2. The molecule has 30 heavy (non-hydrogen) atoms. The lowest BCUT2D eigenvalue weighted by atomic mass is 10.1. The summed E-state index contributed by atoms with van der Waals surface area (Å²) in [6.07, 6.45) is 1.62. The predicted octanol–water partition coefficient (Wildman–Crippen LogP) is 6.49. The molecular formula is C25H21N3O2. The molecule has 0 spiro atoms. The first kappa shape index (κ1) is 19.2. The maximum absolute atomic E-state index is 12.4. The number of pyridine rings is 1. The lowest BCUT2D eigenvalue weighted by molar-refractivity contribution is 0.262. The van der Waals surface area contributed by atoms with Crippen LogP contribution in [-0.2, 0) is 0 Å². The van der Waals surface area contributed by atoms with Crippen LogP contribution in [0.2, 0.25) is 0 Å². The minimum Gasteiger partial charge on any atom is -0.437 e. The number of nitrogens with zero attached hydrogens (tertiary/aromatic N) is 1. The minimum absolute atomic E-state index is 0.321. The summed E-state index contributed by atoms with van der Waals surface area (Å²) in [7, 11) is 0. The van der Waals surface area contributed by atoms with Gasteiger partial charge in [0.05, 0.1) is 0 Å². The summed E-state index contributed by atoms with van der Waals surface area (Å²) in [6, 6.07) is 28.5. The van der Waals surface area contributed by atoms with E-state index in [1.54, 1.807) is 18.3 Å². The minimum atomic E-state index is -0.366. The third-order valence-electron chi connectivity index (χ3n) is 4.48. The zero-order valence-corrected chi connectivity index (χ0v) is 16.5. The fourth-order valence-corrected chi connectivity index (χ4v) is 2.97. The first-order valence-electron chi connectivity index (χ1n) is 9.60. The summed E-state index contributed by atoms with van der Waals surface area (Å²) in [5.74, 6) is 0.957. The standard InChI is InChI=1S/C25H21N3O2/c1-18-12-14-21(15-13-18)27-25(29)28-23-11-6-16-26-24(23)30-22-10-5-9-20(17-22)19-7-3-2-4-8-19/h2-17H,1H3,(H2,27,28,29). The zero-order valence-electron chi connectivity index (χ0n) is 16.5. The average Bonchev–Trinajstić information content (AvgIpc) is 2.77. The molecule has 2 N–H and O–H groups in total. The molecule has 1 aromatic heterocycles. The third kappa shape index (κ3) is 4.83. The molecule has 0 atom stereocenters. The van der Waals surface area contributed by atoms with Crippen molar-refractivity contribution in [1.82, 2.24) is 4.98 Å². The number of rotatable bonds is 5. The van der Waals surface area contributed by atoms with E-state index < -0.39 is 0 Å². The molecule has 0 unspecified atom stereocenters. The molecule has 0 aliphatic heterocycles. The summed E-state index contributed by atoms with van der Waals surface area (Å²) in [4.78, 5) is 16.7. The molecule has 1 heterocycles. The van der Waals surface area contributed by atoms with Crippen molar-refractivity contribution in [3.8, 4) is 22.8 Å². The number of ether oxygens (including phenoxy) is 1. The van der Waals surface area contributed by atoms with Crippen molar-refractivity contribution in [3.05, 3.63) is 103 Å². The van der Waals surface area contributed by atoms with E-state index in [-0.39, 0.29) is 6.03 Å². The average molecular weight is 395 g/mol. The normalized spacial score (nSPS) is 10.3. The number of aromatic nitrogens is 1. The van der Waals surface area contributed by atoms with E-state index in [9.17, 15) is 4.79 Å². The second-order valence-electron chi connectivity index (χ2n) is 6.80. The molecule has 0 aliphatic rings. The van der Waals surface area contributed by atoms with Gasteiger partial charge >= 0.3 is 6.03 Å². The van der Waals surface area contributed by atoms with Crippen molar-refractivity contribution in [2.75, 3.05) is 10.6 Å². The number of carbonyl (C=O) groups is 1. The van der Waals surface area contributed by atoms with Crippen molar-refractivity contribution < 1.29 is 9.53 Å². The van der Waals surface area contributed by atoms with Crippen LogP contribution in [0.25, 0.3) is 11.1 Å². The summed E-state index contributed by atoms with van der Waals surface area (Å²) in [6.45, 7) is 2.00. The van der Waals surface area contributed by atoms with Crippen LogP contribution in [0, 0.1) is 6.92 Å². The maximum Gasteiger partial charge on any atom is 0.323 e.